The summed E-state index contributed by atoms with van der Waals surface area (Å²) in [7, 11) is 1.51. The van der Waals surface area contributed by atoms with E-state index in [1.54, 1.807) is 37.3 Å². The first kappa shape index (κ1) is 20.2. The van der Waals surface area contributed by atoms with Crippen molar-refractivity contribution in [2.75, 3.05) is 13.7 Å². The fourth-order valence-corrected chi connectivity index (χ4v) is 3.03. The molecule has 29 heavy (non-hydrogen) atoms. The van der Waals surface area contributed by atoms with E-state index in [1.807, 2.05) is 25.1 Å². The zero-order valence-electron chi connectivity index (χ0n) is 16.5. The summed E-state index contributed by atoms with van der Waals surface area (Å²) in [6.07, 6.45) is 0.842. The molecule has 1 saturated heterocycles. The molecule has 1 heterocycles. The molecule has 0 aliphatic carbocycles. The Bertz CT molecular complexity index is 945. The van der Waals surface area contributed by atoms with Gasteiger partial charge in [0.15, 0.2) is 6.61 Å². The molecule has 1 aliphatic rings. The third kappa shape index (κ3) is 4.16. The summed E-state index contributed by atoms with van der Waals surface area (Å²) >= 11 is 0. The topological polar surface area (TPSA) is 97.0 Å². The molecule has 0 unspecified atom stereocenters. The molecule has 2 N–H and O–H groups in total. The van der Waals surface area contributed by atoms with Gasteiger partial charge in [-0.2, -0.15) is 5.01 Å². The number of aryl methyl sites for hydroxylation is 1. The fourth-order valence-electron chi connectivity index (χ4n) is 3.03. The van der Waals surface area contributed by atoms with Crippen LogP contribution in [0.2, 0.25) is 0 Å². The lowest BCUT2D eigenvalue weighted by Gasteiger charge is -2.22. The number of urea groups is 1. The predicted molar refractivity (Wildman–Crippen MR) is 105 cm³/mol. The second-order valence-corrected chi connectivity index (χ2v) is 6.75. The maximum Gasteiger partial charge on any atom is 0.344 e. The maximum absolute atomic E-state index is 12.9. The Labute approximate surface area is 168 Å². The van der Waals surface area contributed by atoms with Crippen LogP contribution in [0.15, 0.2) is 48.5 Å². The molecule has 0 spiro atoms. The van der Waals surface area contributed by atoms with Crippen LogP contribution in [-0.4, -0.2) is 36.6 Å². The standard InChI is InChI=1S/C21H23N3O5/c1-4-14-7-5-10-17(11-14)29-13-18(25)23-24-19(26)21(2,22-20(24)27)15-8-6-9-16(12-15)28-3/h5-12H,4,13H2,1-3H3,(H,22,27)(H,23,25)/t21-/m1/s1. The molecule has 0 aromatic heterocycles. The number of hydrogen-bond donors (Lipinski definition) is 2. The molecule has 152 valence electrons. The van der Waals surface area contributed by atoms with E-state index in [2.05, 4.69) is 10.7 Å². The fraction of sp³-hybridized carbons (Fsp3) is 0.286. The molecule has 4 amide bonds. The molecule has 2 aromatic carbocycles. The molecule has 1 atom stereocenters. The van der Waals surface area contributed by atoms with Crippen LogP contribution in [-0.2, 0) is 21.5 Å². The number of imide groups is 1. The van der Waals surface area contributed by atoms with Crippen molar-refractivity contribution < 1.29 is 23.9 Å². The largest absolute Gasteiger partial charge is 0.497 e. The molecule has 0 saturated carbocycles. The van der Waals surface area contributed by atoms with Crippen LogP contribution >= 0.6 is 0 Å². The number of nitrogens with one attached hydrogen (secondary N) is 2. The predicted octanol–water partition coefficient (Wildman–Crippen LogP) is 2.13. The molecule has 3 rings (SSSR count). The molecule has 0 bridgehead atoms. The molecular weight excluding hydrogens is 374 g/mol. The van der Waals surface area contributed by atoms with Crippen LogP contribution in [0.5, 0.6) is 11.5 Å². The van der Waals surface area contributed by atoms with E-state index in [0.717, 1.165) is 12.0 Å². The highest BCUT2D eigenvalue weighted by molar-refractivity contribution is 6.08. The number of carbonyl (C=O) groups is 3. The van der Waals surface area contributed by atoms with E-state index in [1.165, 1.54) is 7.11 Å². The van der Waals surface area contributed by atoms with Gasteiger partial charge < -0.3 is 14.8 Å². The van der Waals surface area contributed by atoms with Crippen molar-refractivity contribution in [3.63, 3.8) is 0 Å². The van der Waals surface area contributed by atoms with Crippen molar-refractivity contribution in [2.45, 2.75) is 25.8 Å². The Morgan fingerprint density at radius 3 is 2.59 bits per heavy atom. The van der Waals surface area contributed by atoms with Crippen molar-refractivity contribution in [3.8, 4) is 11.5 Å². The molecule has 0 radical (unpaired) electrons. The Morgan fingerprint density at radius 2 is 1.86 bits per heavy atom. The summed E-state index contributed by atoms with van der Waals surface area (Å²) in [5, 5.41) is 3.29. The molecule has 1 fully saturated rings. The van der Waals surface area contributed by atoms with Gasteiger partial charge in [-0.05, 0) is 48.7 Å². The van der Waals surface area contributed by atoms with Gasteiger partial charge in [0.25, 0.3) is 11.8 Å². The van der Waals surface area contributed by atoms with Gasteiger partial charge in [0.1, 0.15) is 17.0 Å². The van der Waals surface area contributed by atoms with Gasteiger partial charge in [-0.25, -0.2) is 4.79 Å². The summed E-state index contributed by atoms with van der Waals surface area (Å²) in [6.45, 7) is 3.25. The average Bonchev–Trinajstić information content (AvgIpc) is 2.96. The minimum atomic E-state index is -1.32. The van der Waals surface area contributed by atoms with E-state index < -0.39 is 23.4 Å². The monoisotopic (exact) mass is 397 g/mol. The average molecular weight is 397 g/mol. The van der Waals surface area contributed by atoms with Gasteiger partial charge in [0.2, 0.25) is 0 Å². The molecule has 8 nitrogen and oxygen atoms in total. The Kier molecular flexibility index (Phi) is 5.72. The molecule has 2 aromatic rings. The van der Waals surface area contributed by atoms with Crippen LogP contribution in [0.25, 0.3) is 0 Å². The summed E-state index contributed by atoms with van der Waals surface area (Å²) < 4.78 is 10.6. The van der Waals surface area contributed by atoms with Crippen molar-refractivity contribution in [1.29, 1.82) is 0 Å². The summed E-state index contributed by atoms with van der Waals surface area (Å²) in [4.78, 5) is 37.4. The SMILES string of the molecule is CCc1cccc(OCC(=O)NN2C(=O)N[C@](C)(c3cccc(OC)c3)C2=O)c1. The van der Waals surface area contributed by atoms with Crippen LogP contribution in [0, 0.1) is 0 Å². The first-order chi connectivity index (χ1) is 13.9. The first-order valence-electron chi connectivity index (χ1n) is 9.20. The highest BCUT2D eigenvalue weighted by Gasteiger charge is 2.50. The zero-order chi connectivity index (χ0) is 21.0. The number of methoxy groups -OCH3 is 1. The molecular formula is C21H23N3O5. The Hall–Kier alpha value is -3.55. The lowest BCUT2D eigenvalue weighted by molar-refractivity contribution is -0.139. The van der Waals surface area contributed by atoms with Gasteiger partial charge in [-0.3, -0.25) is 15.0 Å². The van der Waals surface area contributed by atoms with Crippen molar-refractivity contribution >= 4 is 17.8 Å². The third-order valence-electron chi connectivity index (χ3n) is 4.75. The van der Waals surface area contributed by atoms with E-state index >= 15 is 0 Å². The maximum atomic E-state index is 12.9. The van der Waals surface area contributed by atoms with Crippen molar-refractivity contribution in [2.24, 2.45) is 0 Å². The number of hydrazine groups is 1. The summed E-state index contributed by atoms with van der Waals surface area (Å²) in [6, 6.07) is 13.5. The quantitative estimate of drug-likeness (QED) is 0.698. The van der Waals surface area contributed by atoms with Crippen LogP contribution < -0.4 is 20.2 Å². The second-order valence-electron chi connectivity index (χ2n) is 6.75. The number of hydrogen-bond acceptors (Lipinski definition) is 5. The van der Waals surface area contributed by atoms with E-state index in [4.69, 9.17) is 9.47 Å². The van der Waals surface area contributed by atoms with Gasteiger partial charge in [-0.1, -0.05) is 31.2 Å². The first-order valence-corrected chi connectivity index (χ1v) is 9.20. The van der Waals surface area contributed by atoms with E-state index in [0.29, 0.717) is 22.1 Å². The number of amides is 4. The highest BCUT2D eigenvalue weighted by atomic mass is 16.5. The van der Waals surface area contributed by atoms with Gasteiger partial charge >= 0.3 is 6.03 Å². The van der Waals surface area contributed by atoms with Crippen molar-refractivity contribution in [1.82, 2.24) is 15.8 Å². The number of nitrogens with zero attached hydrogens (tertiary/aromatic N) is 1. The van der Waals surface area contributed by atoms with Crippen molar-refractivity contribution in [3.05, 3.63) is 59.7 Å². The van der Waals surface area contributed by atoms with Gasteiger partial charge in [0, 0.05) is 0 Å². The summed E-state index contributed by atoms with van der Waals surface area (Å²) in [5.41, 5.74) is 2.60. The zero-order valence-corrected chi connectivity index (χ0v) is 16.5. The number of carbonyl (C=O) groups excluding carboxylic acids is 3. The normalized spacial score (nSPS) is 18.4. The number of ether oxygens (including phenoxy) is 2. The minimum absolute atomic E-state index is 0.333. The number of benzene rings is 2. The smallest absolute Gasteiger partial charge is 0.344 e. The lowest BCUT2D eigenvalue weighted by atomic mass is 9.92. The summed E-state index contributed by atoms with van der Waals surface area (Å²) in [5.74, 6) is -0.128. The molecule has 1 aliphatic heterocycles. The van der Waals surface area contributed by atoms with Crippen LogP contribution in [0.1, 0.15) is 25.0 Å². The third-order valence-corrected chi connectivity index (χ3v) is 4.75. The van der Waals surface area contributed by atoms with Crippen LogP contribution in [0.4, 0.5) is 4.79 Å². The van der Waals surface area contributed by atoms with Gasteiger partial charge in [-0.15, -0.1) is 0 Å². The molecule has 8 heteroatoms. The Balaban J connectivity index is 1.67. The Morgan fingerprint density at radius 1 is 1.14 bits per heavy atom. The van der Waals surface area contributed by atoms with Crippen LogP contribution in [0.3, 0.4) is 0 Å². The van der Waals surface area contributed by atoms with E-state index in [-0.39, 0.29) is 6.61 Å². The van der Waals surface area contributed by atoms with Gasteiger partial charge in [0.05, 0.1) is 7.11 Å². The number of rotatable bonds is 7. The minimum Gasteiger partial charge on any atom is -0.497 e. The second kappa shape index (κ2) is 8.22. The highest BCUT2D eigenvalue weighted by Crippen LogP contribution is 2.30. The lowest BCUT2D eigenvalue weighted by Crippen LogP contribution is -2.49. The van der Waals surface area contributed by atoms with E-state index in [9.17, 15) is 14.4 Å².